The van der Waals surface area contributed by atoms with Crippen molar-refractivity contribution in [3.8, 4) is 0 Å². The van der Waals surface area contributed by atoms with Crippen LogP contribution in [0, 0.1) is 0 Å². The van der Waals surface area contributed by atoms with E-state index >= 15 is 0 Å². The summed E-state index contributed by atoms with van der Waals surface area (Å²) in [5, 5.41) is 0. The normalized spacial score (nSPS) is 11.6. The predicted molar refractivity (Wildman–Crippen MR) is 74.2 cm³/mol. The van der Waals surface area contributed by atoms with Gasteiger partial charge < -0.3 is 17.1 Å². The van der Waals surface area contributed by atoms with Gasteiger partial charge in [-0.15, -0.1) is 6.58 Å². The summed E-state index contributed by atoms with van der Waals surface area (Å²) >= 11 is 0. The van der Waals surface area contributed by atoms with Crippen LogP contribution in [-0.4, -0.2) is 24.0 Å². The maximum atomic E-state index is 11.4. The zero-order valence-corrected chi connectivity index (χ0v) is 13.1. The van der Waals surface area contributed by atoms with Crippen LogP contribution >= 0.6 is 0 Å². The van der Waals surface area contributed by atoms with E-state index in [1.54, 1.807) is 6.08 Å². The number of unbranched alkanes of at least 4 members (excludes halogenated alkanes) is 2. The van der Waals surface area contributed by atoms with Crippen LogP contribution in [-0.2, 0) is 9.53 Å². The summed E-state index contributed by atoms with van der Waals surface area (Å²) in [5.41, 5.74) is 5.29. The van der Waals surface area contributed by atoms with Crippen LogP contribution in [0.3, 0.4) is 0 Å². The van der Waals surface area contributed by atoms with E-state index < -0.39 is 0 Å². The lowest BCUT2D eigenvalue weighted by Crippen LogP contribution is -3.00. The van der Waals surface area contributed by atoms with Gasteiger partial charge in [0.1, 0.15) is 5.60 Å². The number of carbonyl (C=O) groups is 1. The molecule has 0 rings (SSSR count). The number of esters is 1. The molecule has 0 bridgehead atoms. The topological polar surface area (TPSA) is 66.3 Å². The number of nitrogens with two attached hydrogens (primary N) is 1. The number of rotatable bonds is 8. The van der Waals surface area contributed by atoms with E-state index in [1.807, 2.05) is 20.8 Å². The Hall–Kier alpha value is -1.03. The summed E-state index contributed by atoms with van der Waals surface area (Å²) in [6.07, 6.45) is 5.80. The first-order valence-corrected chi connectivity index (χ1v) is 6.53. The summed E-state index contributed by atoms with van der Waals surface area (Å²) in [6, 6.07) is 0. The molecular formula is C14H27ClN2O2. The summed E-state index contributed by atoms with van der Waals surface area (Å²) in [7, 11) is 0. The number of hydrogen-bond acceptors (Lipinski definition) is 2. The molecule has 0 saturated heterocycles. The van der Waals surface area contributed by atoms with Gasteiger partial charge in [0, 0.05) is 6.42 Å². The van der Waals surface area contributed by atoms with Crippen LogP contribution in [0.25, 0.3) is 0 Å². The quantitative estimate of drug-likeness (QED) is 0.177. The van der Waals surface area contributed by atoms with Crippen molar-refractivity contribution in [2.24, 2.45) is 5.73 Å². The lowest BCUT2D eigenvalue weighted by atomic mass is 10.1. The second kappa shape index (κ2) is 10.9. The van der Waals surface area contributed by atoms with Crippen molar-refractivity contribution in [3.63, 3.8) is 0 Å². The van der Waals surface area contributed by atoms with Gasteiger partial charge in [0.05, 0.1) is 13.0 Å². The second-order valence-corrected chi connectivity index (χ2v) is 5.34. The predicted octanol–water partition coefficient (Wildman–Crippen LogP) is -2.09. The molecule has 0 aromatic heterocycles. The monoisotopic (exact) mass is 290 g/mol. The molecule has 0 amide bonds. The number of ether oxygens (including phenoxy) is 1. The van der Waals surface area contributed by atoms with Crippen LogP contribution in [0.1, 0.15) is 52.9 Å². The maximum Gasteiger partial charge on any atom is 0.306 e. The van der Waals surface area contributed by atoms with Gasteiger partial charge in [0.2, 0.25) is 5.84 Å². The maximum absolute atomic E-state index is 11.4. The first-order chi connectivity index (χ1) is 8.35. The van der Waals surface area contributed by atoms with Crippen molar-refractivity contribution in [2.75, 3.05) is 6.54 Å². The molecule has 0 spiro atoms. The van der Waals surface area contributed by atoms with Gasteiger partial charge in [-0.1, -0.05) is 6.08 Å². The molecule has 0 fully saturated rings. The van der Waals surface area contributed by atoms with Crippen molar-refractivity contribution < 1.29 is 26.9 Å². The third kappa shape index (κ3) is 14.9. The van der Waals surface area contributed by atoms with E-state index in [9.17, 15) is 4.79 Å². The zero-order valence-electron chi connectivity index (χ0n) is 12.3. The minimum atomic E-state index is -0.382. The van der Waals surface area contributed by atoms with Crippen LogP contribution in [0.5, 0.6) is 0 Å². The lowest BCUT2D eigenvalue weighted by Gasteiger charge is -2.19. The summed E-state index contributed by atoms with van der Waals surface area (Å²) < 4.78 is 5.22. The number of hydrogen-bond donors (Lipinski definition) is 2. The first kappa shape index (κ1) is 20.3. The van der Waals surface area contributed by atoms with E-state index in [1.165, 1.54) is 0 Å². The summed E-state index contributed by atoms with van der Waals surface area (Å²) in [5.74, 6) is 0.630. The molecule has 4 nitrogen and oxygen atoms in total. The molecule has 19 heavy (non-hydrogen) atoms. The fraction of sp³-hybridized carbons (Fsp3) is 0.714. The highest BCUT2D eigenvalue weighted by Gasteiger charge is 2.15. The Labute approximate surface area is 122 Å². The van der Waals surface area contributed by atoms with E-state index in [0.29, 0.717) is 12.8 Å². The number of halogens is 1. The van der Waals surface area contributed by atoms with E-state index in [0.717, 1.165) is 31.6 Å². The largest absolute Gasteiger partial charge is 1.00 e. The number of nitrogens with one attached hydrogen (secondary N) is 1. The zero-order chi connectivity index (χ0) is 14.0. The van der Waals surface area contributed by atoms with Crippen molar-refractivity contribution in [3.05, 3.63) is 12.7 Å². The van der Waals surface area contributed by atoms with Gasteiger partial charge in [-0.3, -0.25) is 15.5 Å². The molecule has 0 aliphatic carbocycles. The third-order valence-corrected chi connectivity index (χ3v) is 2.19. The summed E-state index contributed by atoms with van der Waals surface area (Å²) in [6.45, 7) is 10.1. The Morgan fingerprint density at radius 1 is 1.32 bits per heavy atom. The van der Waals surface area contributed by atoms with Crippen molar-refractivity contribution in [1.82, 2.24) is 0 Å². The molecule has 0 unspecified atom stereocenters. The van der Waals surface area contributed by atoms with E-state index in [4.69, 9.17) is 10.5 Å². The molecule has 5 heteroatoms. The molecule has 0 aromatic rings. The Morgan fingerprint density at radius 3 is 2.47 bits per heavy atom. The van der Waals surface area contributed by atoms with Crippen molar-refractivity contribution in [2.45, 2.75) is 58.5 Å². The molecule has 0 aliphatic rings. The molecule has 0 atom stereocenters. The van der Waals surface area contributed by atoms with Gasteiger partial charge in [0.15, 0.2) is 0 Å². The van der Waals surface area contributed by atoms with Gasteiger partial charge in [-0.05, 0) is 40.0 Å². The van der Waals surface area contributed by atoms with Gasteiger partial charge in [0.25, 0.3) is 0 Å². The highest BCUT2D eigenvalue weighted by Crippen LogP contribution is 2.10. The Morgan fingerprint density at radius 2 is 1.95 bits per heavy atom. The SMILES string of the molecule is C=CCC(N)=[NH+]CCCCCC(=O)OC(C)(C)C.[Cl-]. The van der Waals surface area contributed by atoms with Gasteiger partial charge in [-0.2, -0.15) is 0 Å². The molecule has 112 valence electrons. The molecule has 0 radical (unpaired) electrons. The fourth-order valence-electron chi connectivity index (χ4n) is 1.44. The molecule has 3 N–H and O–H groups in total. The van der Waals surface area contributed by atoms with Crippen LogP contribution in [0.15, 0.2) is 12.7 Å². The van der Waals surface area contributed by atoms with Crippen molar-refractivity contribution >= 4 is 11.8 Å². The average molecular weight is 291 g/mol. The number of amidine groups is 1. The smallest absolute Gasteiger partial charge is 0.306 e. The van der Waals surface area contributed by atoms with Crippen molar-refractivity contribution in [1.29, 1.82) is 0 Å². The van der Waals surface area contributed by atoms with Crippen LogP contribution < -0.4 is 23.1 Å². The standard InChI is InChI=1S/C14H26N2O2.ClH/c1-5-9-12(15)16-11-8-6-7-10-13(17)18-14(2,3)4;/h5H,1,6-11H2,2-4H3,(H2,15,16);1H. The average Bonchev–Trinajstić information content (AvgIpc) is 2.21. The second-order valence-electron chi connectivity index (χ2n) is 5.34. The fourth-order valence-corrected chi connectivity index (χ4v) is 1.44. The van der Waals surface area contributed by atoms with E-state index in [-0.39, 0.29) is 24.0 Å². The molecular weight excluding hydrogens is 264 g/mol. The third-order valence-electron chi connectivity index (χ3n) is 2.19. The minimum absolute atomic E-state index is 0. The minimum Gasteiger partial charge on any atom is -1.00 e. The first-order valence-electron chi connectivity index (χ1n) is 6.53. The molecule has 0 heterocycles. The Bertz CT molecular complexity index is 296. The molecule has 0 aliphatic heterocycles. The highest BCUT2D eigenvalue weighted by molar-refractivity contribution is 5.75. The Balaban J connectivity index is 0. The molecule has 0 aromatic carbocycles. The number of carbonyl (C=O) groups excluding carboxylic acids is 1. The Kier molecular flexibility index (Phi) is 11.6. The lowest BCUT2D eigenvalue weighted by molar-refractivity contribution is -0.459. The highest BCUT2D eigenvalue weighted by atomic mass is 35.5. The van der Waals surface area contributed by atoms with Crippen LogP contribution in [0.2, 0.25) is 0 Å². The van der Waals surface area contributed by atoms with Gasteiger partial charge >= 0.3 is 5.97 Å². The summed E-state index contributed by atoms with van der Waals surface area (Å²) in [4.78, 5) is 14.5. The van der Waals surface area contributed by atoms with Crippen LogP contribution in [0.4, 0.5) is 0 Å². The van der Waals surface area contributed by atoms with E-state index in [2.05, 4.69) is 11.6 Å². The van der Waals surface area contributed by atoms with Gasteiger partial charge in [-0.25, -0.2) is 0 Å². The molecule has 0 saturated carbocycles.